The van der Waals surface area contributed by atoms with Crippen LogP contribution in [0.1, 0.15) is 53.1 Å². The highest BCUT2D eigenvalue weighted by Crippen LogP contribution is 2.38. The number of alkyl halides is 3. The first-order chi connectivity index (χ1) is 12.5. The van der Waals surface area contributed by atoms with Crippen molar-refractivity contribution in [3.63, 3.8) is 0 Å². The molecule has 1 aromatic heterocycles. The van der Waals surface area contributed by atoms with Crippen LogP contribution in [0.5, 0.6) is 0 Å². The largest absolute Gasteiger partial charge is 0.476 e. The topological polar surface area (TPSA) is 93.2 Å². The van der Waals surface area contributed by atoms with E-state index in [1.54, 1.807) is 0 Å². The van der Waals surface area contributed by atoms with Gasteiger partial charge in [0.05, 0.1) is 16.9 Å². The Kier molecular flexibility index (Phi) is 4.77. The summed E-state index contributed by atoms with van der Waals surface area (Å²) in [6.07, 6.45) is -2.47. The lowest BCUT2D eigenvalue weighted by molar-refractivity contribution is -0.137. The number of halogens is 3. The molecule has 0 amide bonds. The van der Waals surface area contributed by atoms with E-state index in [1.807, 2.05) is 0 Å². The fourth-order valence-electron chi connectivity index (χ4n) is 3.52. The highest BCUT2D eigenvalue weighted by Gasteiger charge is 2.35. The van der Waals surface area contributed by atoms with Crippen LogP contribution in [0.25, 0.3) is 5.69 Å². The summed E-state index contributed by atoms with van der Waals surface area (Å²) in [6, 6.07) is 3.13. The third-order valence-electron chi connectivity index (χ3n) is 4.89. The minimum Gasteiger partial charge on any atom is -0.476 e. The molecule has 0 atom stereocenters. The van der Waals surface area contributed by atoms with E-state index in [0.29, 0.717) is 24.1 Å². The molecule has 1 aliphatic rings. The van der Waals surface area contributed by atoms with Gasteiger partial charge in [-0.3, -0.25) is 11.3 Å². The van der Waals surface area contributed by atoms with Crippen LogP contribution in [0.4, 0.5) is 13.2 Å². The molecule has 27 heavy (non-hydrogen) atoms. The van der Waals surface area contributed by atoms with Crippen LogP contribution in [-0.4, -0.2) is 20.9 Å². The van der Waals surface area contributed by atoms with Crippen molar-refractivity contribution in [3.05, 3.63) is 46.3 Å². The van der Waals surface area contributed by atoms with E-state index in [0.717, 1.165) is 18.6 Å². The smallest absolute Gasteiger partial charge is 0.416 e. The van der Waals surface area contributed by atoms with Crippen molar-refractivity contribution in [1.29, 1.82) is 0 Å². The Morgan fingerprint density at radius 1 is 1.41 bits per heavy atom. The molecule has 4 N–H and O–H groups in total. The van der Waals surface area contributed by atoms with Crippen molar-refractivity contribution in [1.82, 2.24) is 15.2 Å². The van der Waals surface area contributed by atoms with Crippen molar-refractivity contribution in [2.45, 2.75) is 45.8 Å². The highest BCUT2D eigenvalue weighted by molar-refractivity contribution is 5.89. The maximum atomic E-state index is 13.1. The summed E-state index contributed by atoms with van der Waals surface area (Å²) in [5.74, 6) is 4.16. The third kappa shape index (κ3) is 3.70. The molecule has 1 aromatic carbocycles. The summed E-state index contributed by atoms with van der Waals surface area (Å²) in [4.78, 5) is 12.0. The van der Waals surface area contributed by atoms with Gasteiger partial charge >= 0.3 is 12.1 Å². The number of nitrogens with zero attached hydrogens (tertiary/aromatic N) is 2. The number of aryl methyl sites for hydroxylation is 1. The van der Waals surface area contributed by atoms with Gasteiger partial charge in [-0.05, 0) is 48.4 Å². The van der Waals surface area contributed by atoms with Crippen molar-refractivity contribution >= 4 is 5.97 Å². The Morgan fingerprint density at radius 2 is 2.11 bits per heavy atom. The van der Waals surface area contributed by atoms with Gasteiger partial charge in [-0.2, -0.15) is 18.3 Å². The Labute approximate surface area is 154 Å². The van der Waals surface area contributed by atoms with Crippen molar-refractivity contribution in [2.75, 3.05) is 0 Å². The average Bonchev–Trinajstić information content (AvgIpc) is 2.91. The van der Waals surface area contributed by atoms with Gasteiger partial charge in [0.2, 0.25) is 0 Å². The maximum Gasteiger partial charge on any atom is 0.416 e. The van der Waals surface area contributed by atoms with Gasteiger partial charge in [-0.25, -0.2) is 9.48 Å². The van der Waals surface area contributed by atoms with Gasteiger partial charge in [-0.15, -0.1) is 0 Å². The summed E-state index contributed by atoms with van der Waals surface area (Å²) in [5, 5.41) is 14.2. The van der Waals surface area contributed by atoms with Crippen LogP contribution >= 0.6 is 0 Å². The summed E-state index contributed by atoms with van der Waals surface area (Å²) in [6.45, 7) is 4.05. The fourth-order valence-corrected chi connectivity index (χ4v) is 3.52. The van der Waals surface area contributed by atoms with Gasteiger partial charge < -0.3 is 5.11 Å². The normalized spacial score (nSPS) is 16.2. The second-order valence-electron chi connectivity index (χ2n) is 7.55. The number of nitrogens with one attached hydrogen (secondary N) is 1. The van der Waals surface area contributed by atoms with Gasteiger partial charge in [-0.1, -0.05) is 13.8 Å². The molecule has 0 saturated heterocycles. The molecule has 0 radical (unpaired) electrons. The Morgan fingerprint density at radius 3 is 2.70 bits per heavy atom. The van der Waals surface area contributed by atoms with E-state index >= 15 is 0 Å². The standard InChI is InChI=1S/C18H21F3N4O2/c1-17(2)6-5-13-12(8-17)15(16(26)27)25(24-13)14-4-3-11(18(19,20)21)7-10(14)9-23-22/h3-4,7,23H,5-6,8-9,22H2,1-2H3,(H,26,27). The second kappa shape index (κ2) is 6.65. The van der Waals surface area contributed by atoms with E-state index in [1.165, 1.54) is 10.7 Å². The number of rotatable bonds is 4. The molecule has 0 fully saturated rings. The molecule has 0 spiro atoms. The van der Waals surface area contributed by atoms with Gasteiger partial charge in [0.1, 0.15) is 0 Å². The average molecular weight is 382 g/mol. The molecular formula is C18H21F3N4O2. The van der Waals surface area contributed by atoms with Crippen LogP contribution in [0.15, 0.2) is 18.2 Å². The number of aromatic carboxylic acids is 1. The summed E-state index contributed by atoms with van der Waals surface area (Å²) in [5.41, 5.74) is 3.25. The van der Waals surface area contributed by atoms with Crippen LogP contribution in [0, 0.1) is 5.41 Å². The predicted molar refractivity (Wildman–Crippen MR) is 92.4 cm³/mol. The Bertz CT molecular complexity index is 887. The number of nitrogens with two attached hydrogens (primary N) is 1. The molecule has 0 bridgehead atoms. The predicted octanol–water partition coefficient (Wildman–Crippen LogP) is 3.07. The molecule has 9 heteroatoms. The zero-order chi connectivity index (χ0) is 20.0. The molecule has 2 aromatic rings. The Balaban J connectivity index is 2.19. The quantitative estimate of drug-likeness (QED) is 0.558. The molecule has 6 nitrogen and oxygen atoms in total. The number of fused-ring (bicyclic) bond motifs is 1. The summed E-state index contributed by atoms with van der Waals surface area (Å²) in [7, 11) is 0. The lowest BCUT2D eigenvalue weighted by atomic mass is 9.76. The van der Waals surface area contributed by atoms with Crippen LogP contribution in [0.2, 0.25) is 0 Å². The number of hydrogen-bond donors (Lipinski definition) is 3. The third-order valence-corrected chi connectivity index (χ3v) is 4.89. The molecule has 0 saturated carbocycles. The Hall–Kier alpha value is -2.39. The van der Waals surface area contributed by atoms with Gasteiger partial charge in [0.15, 0.2) is 5.69 Å². The molecule has 3 rings (SSSR count). The lowest BCUT2D eigenvalue weighted by Gasteiger charge is -2.28. The number of benzene rings is 1. The van der Waals surface area contributed by atoms with Crippen molar-refractivity contribution < 1.29 is 23.1 Å². The number of carboxylic acid groups (broad SMARTS) is 1. The lowest BCUT2D eigenvalue weighted by Crippen LogP contribution is -2.24. The van der Waals surface area contributed by atoms with Crippen molar-refractivity contribution in [2.24, 2.45) is 11.3 Å². The van der Waals surface area contributed by atoms with E-state index in [-0.39, 0.29) is 28.9 Å². The van der Waals surface area contributed by atoms with E-state index < -0.39 is 17.7 Å². The minimum atomic E-state index is -4.51. The zero-order valence-corrected chi connectivity index (χ0v) is 15.0. The molecule has 1 aliphatic carbocycles. The van der Waals surface area contributed by atoms with Gasteiger partial charge in [0, 0.05) is 12.1 Å². The van der Waals surface area contributed by atoms with E-state index in [9.17, 15) is 23.1 Å². The monoisotopic (exact) mass is 382 g/mol. The molecular weight excluding hydrogens is 361 g/mol. The SMILES string of the molecule is CC1(C)CCc2nn(-c3ccc(C(F)(F)F)cc3CNN)c(C(=O)O)c2C1. The fraction of sp³-hybridized carbons (Fsp3) is 0.444. The highest BCUT2D eigenvalue weighted by atomic mass is 19.4. The number of hydrazine groups is 1. The number of carbonyl (C=O) groups is 1. The number of aromatic nitrogens is 2. The summed E-state index contributed by atoms with van der Waals surface area (Å²) >= 11 is 0. The van der Waals surface area contributed by atoms with E-state index in [4.69, 9.17) is 5.84 Å². The zero-order valence-electron chi connectivity index (χ0n) is 15.0. The van der Waals surface area contributed by atoms with Crippen LogP contribution < -0.4 is 11.3 Å². The molecule has 146 valence electrons. The molecule has 0 aliphatic heterocycles. The first-order valence-corrected chi connectivity index (χ1v) is 8.51. The molecule has 1 heterocycles. The number of carboxylic acids is 1. The minimum absolute atomic E-state index is 0.00388. The maximum absolute atomic E-state index is 13.1. The molecule has 0 unspecified atom stereocenters. The first-order valence-electron chi connectivity index (χ1n) is 8.51. The number of hydrogen-bond acceptors (Lipinski definition) is 4. The summed E-state index contributed by atoms with van der Waals surface area (Å²) < 4.78 is 40.4. The second-order valence-corrected chi connectivity index (χ2v) is 7.55. The van der Waals surface area contributed by atoms with Crippen LogP contribution in [-0.2, 0) is 25.6 Å². The van der Waals surface area contributed by atoms with Crippen LogP contribution in [0.3, 0.4) is 0 Å². The van der Waals surface area contributed by atoms with E-state index in [2.05, 4.69) is 24.4 Å². The van der Waals surface area contributed by atoms with Crippen molar-refractivity contribution in [3.8, 4) is 5.69 Å². The first kappa shape index (κ1) is 19.4. The van der Waals surface area contributed by atoms with Gasteiger partial charge in [0.25, 0.3) is 0 Å².